The van der Waals surface area contributed by atoms with Gasteiger partial charge < -0.3 is 10.5 Å². The molecule has 0 heterocycles. The van der Waals surface area contributed by atoms with Gasteiger partial charge in [-0.05, 0) is 48.9 Å². The van der Waals surface area contributed by atoms with Gasteiger partial charge >= 0.3 is 12.0 Å². The molecular formula is C19H29N3O6S. The maximum atomic E-state index is 12.8. The lowest BCUT2D eigenvalue weighted by Gasteiger charge is -2.25. The van der Waals surface area contributed by atoms with Crippen LogP contribution >= 0.6 is 0 Å². The summed E-state index contributed by atoms with van der Waals surface area (Å²) >= 11 is 0. The van der Waals surface area contributed by atoms with Gasteiger partial charge in [0.05, 0.1) is 4.90 Å². The van der Waals surface area contributed by atoms with Crippen molar-refractivity contribution < 1.29 is 27.5 Å². The van der Waals surface area contributed by atoms with Crippen LogP contribution < -0.4 is 15.8 Å². The van der Waals surface area contributed by atoms with Gasteiger partial charge in [0, 0.05) is 0 Å². The maximum Gasteiger partial charge on any atom is 0.325 e. The zero-order valence-electron chi connectivity index (χ0n) is 17.5. The number of carbonyl (C=O) groups excluding carboxylic acids is 3. The first-order valence-electron chi connectivity index (χ1n) is 9.16. The van der Waals surface area contributed by atoms with Crippen molar-refractivity contribution in [2.24, 2.45) is 17.6 Å². The van der Waals surface area contributed by atoms with E-state index >= 15 is 0 Å². The van der Waals surface area contributed by atoms with E-state index in [0.717, 1.165) is 11.1 Å². The molecule has 0 radical (unpaired) electrons. The van der Waals surface area contributed by atoms with Gasteiger partial charge in [0.1, 0.15) is 6.04 Å². The molecule has 1 aromatic rings. The van der Waals surface area contributed by atoms with Crippen molar-refractivity contribution in [3.8, 4) is 0 Å². The lowest BCUT2D eigenvalue weighted by molar-refractivity contribution is -0.160. The monoisotopic (exact) mass is 427 g/mol. The molecule has 0 saturated carbocycles. The summed E-state index contributed by atoms with van der Waals surface area (Å²) in [5.74, 6) is -2.73. The number of urea groups is 1. The van der Waals surface area contributed by atoms with Gasteiger partial charge in [-0.15, -0.1) is 0 Å². The molecule has 0 fully saturated rings. The number of benzene rings is 1. The maximum absolute atomic E-state index is 12.8. The SMILES string of the molecule is Cc1ccc(S(=O)(=O)N[C@H](C(=O)O[C@H](C(=O)NC(N)=O)C(C)C)C(C)C)cc1C. The van der Waals surface area contributed by atoms with Gasteiger partial charge in [-0.2, -0.15) is 4.72 Å². The molecule has 0 aromatic heterocycles. The Morgan fingerprint density at radius 1 is 1.00 bits per heavy atom. The van der Waals surface area contributed by atoms with Crippen LogP contribution in [0.1, 0.15) is 38.8 Å². The van der Waals surface area contributed by atoms with Crippen molar-refractivity contribution in [2.75, 3.05) is 0 Å². The summed E-state index contributed by atoms with van der Waals surface area (Å²) in [7, 11) is -4.01. The number of carbonyl (C=O) groups is 3. The van der Waals surface area contributed by atoms with Crippen LogP contribution in [0.4, 0.5) is 4.79 Å². The number of hydrogen-bond donors (Lipinski definition) is 3. The molecule has 0 aliphatic rings. The van der Waals surface area contributed by atoms with Crippen LogP contribution in [0.3, 0.4) is 0 Å². The van der Waals surface area contributed by atoms with Gasteiger partial charge in [-0.25, -0.2) is 13.2 Å². The molecule has 10 heteroatoms. The number of esters is 1. The first-order chi connectivity index (χ1) is 13.3. The molecule has 9 nitrogen and oxygen atoms in total. The smallest absolute Gasteiger partial charge is 0.325 e. The van der Waals surface area contributed by atoms with Crippen molar-refractivity contribution in [1.29, 1.82) is 0 Å². The van der Waals surface area contributed by atoms with Crippen LogP contribution in [0.2, 0.25) is 0 Å². The van der Waals surface area contributed by atoms with Gasteiger partial charge in [0.2, 0.25) is 10.0 Å². The van der Waals surface area contributed by atoms with Crippen molar-refractivity contribution in [3.63, 3.8) is 0 Å². The molecule has 1 rings (SSSR count). The molecule has 0 bridgehead atoms. The number of aryl methyl sites for hydroxylation is 2. The molecule has 4 N–H and O–H groups in total. The lowest BCUT2D eigenvalue weighted by atomic mass is 10.0. The van der Waals surface area contributed by atoms with E-state index in [9.17, 15) is 22.8 Å². The highest BCUT2D eigenvalue weighted by atomic mass is 32.2. The van der Waals surface area contributed by atoms with E-state index in [4.69, 9.17) is 10.5 Å². The van der Waals surface area contributed by atoms with E-state index < -0.39 is 51.9 Å². The zero-order chi connectivity index (χ0) is 22.5. The number of imide groups is 1. The number of ether oxygens (including phenoxy) is 1. The Morgan fingerprint density at radius 3 is 2.03 bits per heavy atom. The van der Waals surface area contributed by atoms with Gasteiger partial charge in [-0.1, -0.05) is 33.8 Å². The third kappa shape index (κ3) is 6.82. The first-order valence-corrected chi connectivity index (χ1v) is 10.6. The second-order valence-electron chi connectivity index (χ2n) is 7.54. The highest BCUT2D eigenvalue weighted by Crippen LogP contribution is 2.18. The highest BCUT2D eigenvalue weighted by molar-refractivity contribution is 7.89. The molecule has 3 amide bonds. The van der Waals surface area contributed by atoms with Crippen molar-refractivity contribution in [3.05, 3.63) is 29.3 Å². The minimum Gasteiger partial charge on any atom is -0.451 e. The summed E-state index contributed by atoms with van der Waals surface area (Å²) in [6.07, 6.45) is -1.30. The summed E-state index contributed by atoms with van der Waals surface area (Å²) in [5, 5.41) is 1.87. The van der Waals surface area contributed by atoms with Crippen LogP contribution in [0.15, 0.2) is 23.1 Å². The topological polar surface area (TPSA) is 145 Å². The molecule has 0 saturated heterocycles. The van der Waals surface area contributed by atoms with Crippen molar-refractivity contribution in [2.45, 2.75) is 58.6 Å². The number of primary amides is 1. The Labute approximate surface area is 171 Å². The Bertz CT molecular complexity index is 880. The minimum atomic E-state index is -4.01. The number of amides is 3. The summed E-state index contributed by atoms with van der Waals surface area (Å²) in [6, 6.07) is 2.33. The third-order valence-electron chi connectivity index (χ3n) is 4.34. The summed E-state index contributed by atoms with van der Waals surface area (Å²) in [4.78, 5) is 35.7. The van der Waals surface area contributed by atoms with Crippen molar-refractivity contribution in [1.82, 2.24) is 10.0 Å². The Morgan fingerprint density at radius 2 is 1.59 bits per heavy atom. The molecule has 29 heavy (non-hydrogen) atoms. The number of sulfonamides is 1. The molecule has 0 aliphatic carbocycles. The van der Waals surface area contributed by atoms with E-state index in [-0.39, 0.29) is 4.90 Å². The average molecular weight is 428 g/mol. The fraction of sp³-hybridized carbons (Fsp3) is 0.526. The number of hydrogen-bond acceptors (Lipinski definition) is 6. The summed E-state index contributed by atoms with van der Waals surface area (Å²) in [5.41, 5.74) is 6.66. The van der Waals surface area contributed by atoms with E-state index in [1.54, 1.807) is 40.7 Å². The molecule has 2 atom stereocenters. The third-order valence-corrected chi connectivity index (χ3v) is 5.78. The molecule has 162 valence electrons. The highest BCUT2D eigenvalue weighted by Gasteiger charge is 2.34. The molecule has 0 spiro atoms. The van der Waals surface area contributed by atoms with Gasteiger partial charge in [-0.3, -0.25) is 14.9 Å². The van der Waals surface area contributed by atoms with Crippen LogP contribution in [-0.2, 0) is 24.3 Å². The van der Waals surface area contributed by atoms with E-state index in [2.05, 4.69) is 4.72 Å². The van der Waals surface area contributed by atoms with E-state index in [1.807, 2.05) is 12.2 Å². The normalized spacial score (nSPS) is 13.8. The fourth-order valence-electron chi connectivity index (χ4n) is 2.46. The van der Waals surface area contributed by atoms with E-state index in [1.165, 1.54) is 12.1 Å². The Balaban J connectivity index is 3.09. The predicted molar refractivity (Wildman–Crippen MR) is 107 cm³/mol. The second-order valence-corrected chi connectivity index (χ2v) is 9.26. The summed E-state index contributed by atoms with van der Waals surface area (Å²) < 4.78 is 33.1. The molecule has 0 aliphatic heterocycles. The first kappa shape index (κ1) is 24.6. The number of rotatable bonds is 8. The van der Waals surface area contributed by atoms with E-state index in [0.29, 0.717) is 0 Å². The van der Waals surface area contributed by atoms with Gasteiger partial charge in [0.15, 0.2) is 6.10 Å². The summed E-state index contributed by atoms with van der Waals surface area (Å²) in [6.45, 7) is 10.2. The largest absolute Gasteiger partial charge is 0.451 e. The van der Waals surface area contributed by atoms with Crippen LogP contribution in [-0.4, -0.2) is 38.5 Å². The van der Waals surface area contributed by atoms with Crippen LogP contribution in [0.5, 0.6) is 0 Å². The average Bonchev–Trinajstić information content (AvgIpc) is 2.58. The molecule has 1 aromatic carbocycles. The number of nitrogens with two attached hydrogens (primary N) is 1. The number of nitrogens with one attached hydrogen (secondary N) is 2. The standard InChI is InChI=1S/C19H29N3O6S/c1-10(2)15(18(24)28-16(11(3)4)17(23)21-19(20)25)22-29(26,27)14-8-7-12(5)13(6)9-14/h7-11,15-16,22H,1-6H3,(H3,20,21,23,25)/t15-,16-/m0/s1. The second kappa shape index (κ2) is 9.84. The fourth-order valence-corrected chi connectivity index (χ4v) is 3.87. The molecular weight excluding hydrogens is 398 g/mol. The van der Waals surface area contributed by atoms with Crippen LogP contribution in [0, 0.1) is 25.7 Å². The van der Waals surface area contributed by atoms with Crippen LogP contribution in [0.25, 0.3) is 0 Å². The van der Waals surface area contributed by atoms with Gasteiger partial charge in [0.25, 0.3) is 5.91 Å². The molecule has 0 unspecified atom stereocenters. The quantitative estimate of drug-likeness (QED) is 0.534. The zero-order valence-corrected chi connectivity index (χ0v) is 18.3. The Hall–Kier alpha value is -2.46. The van der Waals surface area contributed by atoms with Crippen molar-refractivity contribution >= 4 is 27.9 Å². The minimum absolute atomic E-state index is 0.0194. The Kier molecular flexibility index (Phi) is 8.34. The lowest BCUT2D eigenvalue weighted by Crippen LogP contribution is -2.50. The predicted octanol–water partition coefficient (Wildman–Crippen LogP) is 1.37.